The molecule has 0 aliphatic rings. The molecule has 4 rings (SSSR count). The predicted molar refractivity (Wildman–Crippen MR) is 211 cm³/mol. The van der Waals surface area contributed by atoms with Crippen LogP contribution in [0.2, 0.25) is 0 Å². The van der Waals surface area contributed by atoms with Gasteiger partial charge < -0.3 is 40.3 Å². The Balaban J connectivity index is 1.45. The maximum Gasteiger partial charge on any atom is 0.407 e. The van der Waals surface area contributed by atoms with Crippen LogP contribution in [0.25, 0.3) is 33.6 Å². The summed E-state index contributed by atoms with van der Waals surface area (Å²) >= 11 is 0. The third-order valence-corrected chi connectivity index (χ3v) is 9.77. The number of amides is 4. The number of benzene rings is 2. The number of aromatic nitrogens is 4. The molecule has 2 aromatic carbocycles. The normalized spacial score (nSPS) is 13.5. The largest absolute Gasteiger partial charge is 0.465 e. The average molecular weight is 775 g/mol. The number of nitrogens with one attached hydrogen (secondary N) is 4. The molecule has 302 valence electrons. The molecule has 6 N–H and O–H groups in total. The number of rotatable bonds is 19. The molecule has 0 fully saturated rings. The summed E-state index contributed by atoms with van der Waals surface area (Å²) in [5, 5.41) is 25.0. The first-order chi connectivity index (χ1) is 26.7. The fourth-order valence-electron chi connectivity index (χ4n) is 6.29. The van der Waals surface area contributed by atoms with Gasteiger partial charge in [0, 0.05) is 54.4 Å². The van der Waals surface area contributed by atoms with Crippen molar-refractivity contribution in [2.45, 2.75) is 64.7 Å². The Kier molecular flexibility index (Phi) is 15.1. The molecule has 16 nitrogen and oxygen atoms in total. The van der Waals surface area contributed by atoms with Crippen LogP contribution in [0.15, 0.2) is 60.9 Å². The summed E-state index contributed by atoms with van der Waals surface area (Å²) in [6.07, 6.45) is 1.46. The maximum absolute atomic E-state index is 13.3. The molecule has 0 saturated carbocycles. The van der Waals surface area contributed by atoms with E-state index in [9.17, 15) is 29.4 Å². The topological polar surface area (TPSA) is 215 Å². The van der Waals surface area contributed by atoms with Gasteiger partial charge >= 0.3 is 12.2 Å². The molecule has 4 amide bonds. The quantitative estimate of drug-likeness (QED) is 0.0674. The van der Waals surface area contributed by atoms with Gasteiger partial charge in [-0.3, -0.25) is 19.4 Å². The molecule has 0 unspecified atom stereocenters. The van der Waals surface area contributed by atoms with E-state index in [0.717, 1.165) is 43.4 Å². The lowest BCUT2D eigenvalue weighted by molar-refractivity contribution is -0.128. The Bertz CT molecular complexity index is 1770. The van der Waals surface area contributed by atoms with Gasteiger partial charge in [-0.05, 0) is 34.1 Å². The zero-order valence-corrected chi connectivity index (χ0v) is 33.2. The van der Waals surface area contributed by atoms with Gasteiger partial charge in [-0.2, -0.15) is 0 Å². The van der Waals surface area contributed by atoms with Crippen molar-refractivity contribution in [1.82, 2.24) is 40.4 Å². The van der Waals surface area contributed by atoms with Gasteiger partial charge in [-0.15, -0.1) is 0 Å². The van der Waals surface area contributed by atoms with Gasteiger partial charge in [-0.25, -0.2) is 19.6 Å². The second-order valence-electron chi connectivity index (χ2n) is 14.4. The summed E-state index contributed by atoms with van der Waals surface area (Å²) in [7, 11) is 5.74. The summed E-state index contributed by atoms with van der Waals surface area (Å²) in [5.74, 6) is 0.198. The van der Waals surface area contributed by atoms with E-state index < -0.39 is 48.2 Å². The van der Waals surface area contributed by atoms with Crippen molar-refractivity contribution < 1.29 is 38.9 Å². The van der Waals surface area contributed by atoms with Crippen molar-refractivity contribution >= 4 is 24.0 Å². The van der Waals surface area contributed by atoms with Gasteiger partial charge in [0.25, 0.3) is 0 Å². The molecular weight excluding hydrogens is 720 g/mol. The van der Waals surface area contributed by atoms with Crippen molar-refractivity contribution in [2.75, 3.05) is 41.5 Å². The van der Waals surface area contributed by atoms with E-state index >= 15 is 0 Å². The number of carboxylic acid groups (broad SMARTS) is 2. The minimum Gasteiger partial charge on any atom is -0.465 e. The van der Waals surface area contributed by atoms with Gasteiger partial charge in [0.2, 0.25) is 11.8 Å². The van der Waals surface area contributed by atoms with Crippen LogP contribution in [-0.2, 0) is 19.1 Å². The number of nitrogens with zero attached hydrogens (tertiary/aromatic N) is 4. The van der Waals surface area contributed by atoms with Crippen molar-refractivity contribution in [3.05, 3.63) is 72.6 Å². The van der Waals surface area contributed by atoms with Crippen LogP contribution < -0.4 is 10.6 Å². The van der Waals surface area contributed by atoms with Crippen molar-refractivity contribution in [2.24, 2.45) is 11.8 Å². The lowest BCUT2D eigenvalue weighted by Gasteiger charge is -2.28. The first kappa shape index (κ1) is 43.0. The Morgan fingerprint density at radius 3 is 1.23 bits per heavy atom. The zero-order chi connectivity index (χ0) is 41.1. The fraction of sp³-hybridized carbons (Fsp3) is 0.450. The highest BCUT2D eigenvalue weighted by Gasteiger charge is 2.32. The number of H-pyrrole nitrogens is 2. The van der Waals surface area contributed by atoms with Gasteiger partial charge in [0.15, 0.2) is 0 Å². The lowest BCUT2D eigenvalue weighted by Crippen LogP contribution is -2.49. The molecule has 16 heteroatoms. The van der Waals surface area contributed by atoms with Crippen LogP contribution in [0.3, 0.4) is 0 Å². The third kappa shape index (κ3) is 10.7. The van der Waals surface area contributed by atoms with Crippen LogP contribution in [0.1, 0.15) is 64.3 Å². The van der Waals surface area contributed by atoms with Crippen LogP contribution in [0, 0.1) is 11.8 Å². The molecule has 0 saturated heterocycles. The maximum atomic E-state index is 13.3. The Hall–Kier alpha value is -5.74. The lowest BCUT2D eigenvalue weighted by atomic mass is 10.0. The standard InChI is InChI=1S/C40H54N8O8/c1-23(2)33(45-37(49)31(17-19-55-7)47(5)39(51)52)35-41-21-29(43-35)27-13-9-25(10-14-27)26-11-15-28(16-12-26)30-22-42-36(44-30)34(24(3)4)46-38(50)32(18-20-56-8)48(6)40(53)54/h9-16,21-24,31-34H,17-20H2,1-8H3,(H,41,43)(H,42,44)(H,45,49)(H,46,50)(H,51,52)(H,53,54)/t31-,32-,33-,34-/m0/s1. The number of methoxy groups -OCH3 is 2. The zero-order valence-electron chi connectivity index (χ0n) is 33.2. The number of likely N-dealkylation sites (N-methyl/N-ethyl adjacent to an activating group) is 2. The van der Waals surface area contributed by atoms with E-state index in [2.05, 4.69) is 30.6 Å². The highest BCUT2D eigenvalue weighted by atomic mass is 16.5. The second-order valence-corrected chi connectivity index (χ2v) is 14.4. The minimum atomic E-state index is -1.20. The summed E-state index contributed by atoms with van der Waals surface area (Å²) in [6.45, 7) is 8.28. The first-order valence-electron chi connectivity index (χ1n) is 18.5. The van der Waals surface area contributed by atoms with Crippen molar-refractivity contribution in [3.63, 3.8) is 0 Å². The number of imidazole rings is 2. The van der Waals surface area contributed by atoms with Crippen LogP contribution in [0.4, 0.5) is 9.59 Å². The van der Waals surface area contributed by atoms with E-state index in [1.54, 1.807) is 12.4 Å². The molecule has 0 bridgehead atoms. The molecule has 4 aromatic rings. The molecule has 4 atom stereocenters. The molecule has 56 heavy (non-hydrogen) atoms. The first-order valence-corrected chi connectivity index (χ1v) is 18.5. The SMILES string of the molecule is COCC[C@@H](C(=O)N[C@H](c1ncc(-c2ccc(-c3ccc(-c4cnc([C@@H](NC(=O)[C@H](CCOC)N(C)C(=O)O)C(C)C)[nH]4)cc3)cc2)[nH]1)C(C)C)N(C)C(=O)O. The smallest absolute Gasteiger partial charge is 0.407 e. The summed E-state index contributed by atoms with van der Waals surface area (Å²) in [5.41, 5.74) is 5.34. The molecule has 2 heterocycles. The number of hydrogen-bond acceptors (Lipinski definition) is 8. The van der Waals surface area contributed by atoms with E-state index in [1.165, 1.54) is 28.3 Å². The molecule has 0 spiro atoms. The Morgan fingerprint density at radius 2 is 0.946 bits per heavy atom. The number of carbonyl (C=O) groups is 4. The Labute approximate surface area is 327 Å². The van der Waals surface area contributed by atoms with Gasteiger partial charge in [-0.1, -0.05) is 76.2 Å². The molecule has 0 radical (unpaired) electrons. The number of carbonyl (C=O) groups excluding carboxylic acids is 2. The summed E-state index contributed by atoms with van der Waals surface area (Å²) < 4.78 is 10.2. The molecule has 2 aromatic heterocycles. The Morgan fingerprint density at radius 1 is 0.625 bits per heavy atom. The highest BCUT2D eigenvalue weighted by molar-refractivity contribution is 5.86. The van der Waals surface area contributed by atoms with Crippen molar-refractivity contribution in [3.8, 4) is 33.6 Å². The van der Waals surface area contributed by atoms with E-state index in [4.69, 9.17) is 9.47 Å². The second kappa shape index (κ2) is 19.7. The van der Waals surface area contributed by atoms with Crippen LogP contribution >= 0.6 is 0 Å². The number of hydrogen-bond donors (Lipinski definition) is 6. The van der Waals surface area contributed by atoms with E-state index in [0.29, 0.717) is 11.6 Å². The van der Waals surface area contributed by atoms with Gasteiger partial charge in [0.1, 0.15) is 23.7 Å². The average Bonchev–Trinajstić information content (AvgIpc) is 3.87. The van der Waals surface area contributed by atoms with Crippen LogP contribution in [-0.4, -0.2) is 118 Å². The number of aromatic amines is 2. The molecular formula is C40H54N8O8. The number of ether oxygens (including phenoxy) is 2. The van der Waals surface area contributed by atoms with Crippen LogP contribution in [0.5, 0.6) is 0 Å². The molecule has 0 aliphatic heterocycles. The fourth-order valence-corrected chi connectivity index (χ4v) is 6.29. The minimum absolute atomic E-state index is 0.0379. The summed E-state index contributed by atoms with van der Waals surface area (Å²) in [4.78, 5) is 67.6. The highest BCUT2D eigenvalue weighted by Crippen LogP contribution is 2.29. The van der Waals surface area contributed by atoms with Crippen molar-refractivity contribution in [1.29, 1.82) is 0 Å². The summed E-state index contributed by atoms with van der Waals surface area (Å²) in [6, 6.07) is 13.2. The predicted octanol–water partition coefficient (Wildman–Crippen LogP) is 5.79. The van der Waals surface area contributed by atoms with Gasteiger partial charge in [0.05, 0.1) is 35.9 Å². The van der Waals surface area contributed by atoms with E-state index in [-0.39, 0.29) is 37.9 Å². The van der Waals surface area contributed by atoms with E-state index in [1.807, 2.05) is 76.2 Å². The third-order valence-electron chi connectivity index (χ3n) is 9.77. The monoisotopic (exact) mass is 774 g/mol. The molecule has 0 aliphatic carbocycles.